The number of anilines is 1. The van der Waals surface area contributed by atoms with Gasteiger partial charge in [0.05, 0.1) is 0 Å². The molecule has 1 N–H and O–H groups in total. The van der Waals surface area contributed by atoms with Crippen molar-refractivity contribution in [3.63, 3.8) is 0 Å². The maximum Gasteiger partial charge on any atom is 0.333 e. The molecule has 2 aromatic heterocycles. The number of fused-ring (bicyclic) bond motifs is 1. The largest absolute Gasteiger partial charge is 0.350 e. The van der Waals surface area contributed by atoms with E-state index < -0.39 is 5.69 Å². The number of hydrogen-bond donors (Lipinski definition) is 1. The Hall–Kier alpha value is -2.65. The van der Waals surface area contributed by atoms with Gasteiger partial charge in [-0.05, 0) is 31.4 Å². The van der Waals surface area contributed by atoms with Crippen LogP contribution < -0.4 is 21.5 Å². The molecule has 10 heteroatoms. The molecule has 3 heterocycles. The van der Waals surface area contributed by atoms with E-state index in [9.17, 15) is 14.4 Å². The van der Waals surface area contributed by atoms with E-state index in [0.717, 1.165) is 41.2 Å². The Kier molecular flexibility index (Phi) is 5.92. The number of carbonyl (C=O) groups excluding carboxylic acids is 1. The molecule has 1 aliphatic rings. The minimum atomic E-state index is -0.527. The van der Waals surface area contributed by atoms with Gasteiger partial charge in [-0.15, -0.1) is 0 Å². The van der Waals surface area contributed by atoms with E-state index >= 15 is 0 Å². The number of halogens is 1. The minimum absolute atomic E-state index is 0.219. The number of hydrogen-bond acceptors (Lipinski definition) is 6. The first-order valence-corrected chi connectivity index (χ1v) is 11.1. The molecule has 0 saturated carbocycles. The molecule has 1 saturated heterocycles. The number of thiazole rings is 1. The first-order chi connectivity index (χ1) is 14.5. The number of carbonyl (C=O) groups is 1. The Labute approximate surface area is 181 Å². The molecule has 0 aliphatic carbocycles. The Morgan fingerprint density at radius 2 is 1.93 bits per heavy atom. The van der Waals surface area contributed by atoms with Crippen molar-refractivity contribution in [1.29, 1.82) is 0 Å². The maximum atomic E-state index is 12.9. The summed E-state index contributed by atoms with van der Waals surface area (Å²) in [7, 11) is 0. The van der Waals surface area contributed by atoms with E-state index in [-0.39, 0.29) is 36.7 Å². The fourth-order valence-electron chi connectivity index (χ4n) is 3.57. The normalized spacial score (nSPS) is 13.9. The van der Waals surface area contributed by atoms with Crippen LogP contribution in [-0.4, -0.2) is 33.1 Å². The highest BCUT2D eigenvalue weighted by molar-refractivity contribution is 7.22. The van der Waals surface area contributed by atoms with E-state index in [1.54, 1.807) is 13.0 Å². The van der Waals surface area contributed by atoms with Gasteiger partial charge in [0, 0.05) is 31.2 Å². The smallest absolute Gasteiger partial charge is 0.333 e. The van der Waals surface area contributed by atoms with Crippen molar-refractivity contribution in [2.45, 2.75) is 39.4 Å². The molecule has 3 aromatic rings. The van der Waals surface area contributed by atoms with Crippen LogP contribution in [0.2, 0.25) is 5.02 Å². The van der Waals surface area contributed by atoms with Gasteiger partial charge in [-0.1, -0.05) is 41.1 Å². The van der Waals surface area contributed by atoms with Gasteiger partial charge in [0.25, 0.3) is 5.56 Å². The summed E-state index contributed by atoms with van der Waals surface area (Å²) in [5, 5.41) is 4.07. The molecule has 4 rings (SSSR count). The van der Waals surface area contributed by atoms with Gasteiger partial charge in [-0.25, -0.2) is 9.78 Å². The van der Waals surface area contributed by atoms with E-state index in [4.69, 9.17) is 11.6 Å². The molecule has 0 radical (unpaired) electrons. The highest BCUT2D eigenvalue weighted by Crippen LogP contribution is 2.28. The van der Waals surface area contributed by atoms with Gasteiger partial charge in [0.1, 0.15) is 11.2 Å². The van der Waals surface area contributed by atoms with Crippen LogP contribution in [0.1, 0.15) is 25.3 Å². The van der Waals surface area contributed by atoms with Crippen molar-refractivity contribution in [2.24, 2.45) is 0 Å². The summed E-state index contributed by atoms with van der Waals surface area (Å²) in [5.74, 6) is -0.352. The predicted molar refractivity (Wildman–Crippen MR) is 119 cm³/mol. The number of benzene rings is 1. The SMILES string of the molecule is CCn1c(=O)c2sc(N3CCCC3)nc2n(CC(=O)NCc2ccccc2Cl)c1=O. The second kappa shape index (κ2) is 8.61. The zero-order valence-corrected chi connectivity index (χ0v) is 18.1. The molecule has 30 heavy (non-hydrogen) atoms. The van der Waals surface area contributed by atoms with Gasteiger partial charge < -0.3 is 10.2 Å². The lowest BCUT2D eigenvalue weighted by Crippen LogP contribution is -2.42. The monoisotopic (exact) mass is 447 g/mol. The third kappa shape index (κ3) is 3.87. The molecule has 1 amide bonds. The molecule has 158 valence electrons. The quantitative estimate of drug-likeness (QED) is 0.625. The number of rotatable bonds is 6. The molecule has 0 bridgehead atoms. The molecule has 0 spiro atoms. The van der Waals surface area contributed by atoms with E-state index in [0.29, 0.717) is 9.72 Å². The van der Waals surface area contributed by atoms with Crippen LogP contribution >= 0.6 is 22.9 Å². The topological polar surface area (TPSA) is 89.2 Å². The first kappa shape index (κ1) is 20.6. The molecule has 1 fully saturated rings. The molecule has 0 atom stereocenters. The Balaban J connectivity index is 1.66. The van der Waals surface area contributed by atoms with Crippen LogP contribution in [0.3, 0.4) is 0 Å². The van der Waals surface area contributed by atoms with Crippen molar-refractivity contribution in [3.8, 4) is 0 Å². The third-order valence-corrected chi connectivity index (χ3v) is 6.65. The number of amides is 1. The fraction of sp³-hybridized carbons (Fsp3) is 0.400. The van der Waals surface area contributed by atoms with Gasteiger partial charge in [-0.3, -0.25) is 18.7 Å². The van der Waals surface area contributed by atoms with Gasteiger partial charge in [0.15, 0.2) is 10.8 Å². The fourth-order valence-corrected chi connectivity index (χ4v) is 4.84. The molecule has 0 unspecified atom stereocenters. The van der Waals surface area contributed by atoms with Crippen LogP contribution in [0.15, 0.2) is 33.9 Å². The number of aromatic nitrogens is 3. The molecule has 1 aliphatic heterocycles. The summed E-state index contributed by atoms with van der Waals surface area (Å²) in [4.78, 5) is 45.0. The van der Waals surface area contributed by atoms with E-state index in [2.05, 4.69) is 15.2 Å². The third-order valence-electron chi connectivity index (χ3n) is 5.18. The molecule has 8 nitrogen and oxygen atoms in total. The Morgan fingerprint density at radius 3 is 2.63 bits per heavy atom. The summed E-state index contributed by atoms with van der Waals surface area (Å²) in [5.41, 5.74) is 0.178. The number of nitrogens with one attached hydrogen (secondary N) is 1. The van der Waals surface area contributed by atoms with E-state index in [1.165, 1.54) is 15.9 Å². The van der Waals surface area contributed by atoms with Gasteiger partial charge in [0.2, 0.25) is 5.91 Å². The first-order valence-electron chi connectivity index (χ1n) is 9.88. The average Bonchev–Trinajstić information content (AvgIpc) is 3.41. The van der Waals surface area contributed by atoms with E-state index in [1.807, 2.05) is 18.2 Å². The highest BCUT2D eigenvalue weighted by Gasteiger charge is 2.22. The van der Waals surface area contributed by atoms with Crippen LogP contribution in [0.25, 0.3) is 10.3 Å². The lowest BCUT2D eigenvalue weighted by atomic mass is 10.2. The number of nitrogens with zero attached hydrogens (tertiary/aromatic N) is 4. The molecular formula is C20H22ClN5O3S. The maximum absolute atomic E-state index is 12.9. The second-order valence-corrected chi connectivity index (χ2v) is 8.51. The lowest BCUT2D eigenvalue weighted by molar-refractivity contribution is -0.121. The summed E-state index contributed by atoms with van der Waals surface area (Å²) in [6.45, 7) is 3.75. The standard InChI is InChI=1S/C20H22ClN5O3S/c1-2-25-18(28)16-17(23-19(30-16)24-9-5-6-10-24)26(20(25)29)12-15(27)22-11-13-7-3-4-8-14(13)21/h3-4,7-8H,2,5-6,9-12H2,1H3,(H,22,27). The summed E-state index contributed by atoms with van der Waals surface area (Å²) >= 11 is 7.42. The van der Waals surface area contributed by atoms with Crippen LogP contribution in [-0.2, 0) is 24.4 Å². The highest BCUT2D eigenvalue weighted by atomic mass is 35.5. The van der Waals surface area contributed by atoms with Crippen LogP contribution in [0, 0.1) is 0 Å². The second-order valence-electron chi connectivity index (χ2n) is 7.13. The van der Waals surface area contributed by atoms with Crippen molar-refractivity contribution >= 4 is 44.3 Å². The van der Waals surface area contributed by atoms with Crippen molar-refractivity contribution in [3.05, 3.63) is 55.7 Å². The van der Waals surface area contributed by atoms with Gasteiger partial charge in [-0.2, -0.15) is 0 Å². The summed E-state index contributed by atoms with van der Waals surface area (Å²) < 4.78 is 2.84. The van der Waals surface area contributed by atoms with Crippen molar-refractivity contribution in [2.75, 3.05) is 18.0 Å². The molecule has 1 aromatic carbocycles. The predicted octanol–water partition coefficient (Wildman–Crippen LogP) is 2.21. The van der Waals surface area contributed by atoms with Gasteiger partial charge >= 0.3 is 5.69 Å². The summed E-state index contributed by atoms with van der Waals surface area (Å²) in [6, 6.07) is 7.24. The minimum Gasteiger partial charge on any atom is -0.350 e. The van der Waals surface area contributed by atoms with Crippen LogP contribution in [0.4, 0.5) is 5.13 Å². The van der Waals surface area contributed by atoms with Crippen molar-refractivity contribution < 1.29 is 4.79 Å². The van der Waals surface area contributed by atoms with Crippen molar-refractivity contribution in [1.82, 2.24) is 19.4 Å². The Bertz CT molecular complexity index is 1210. The Morgan fingerprint density at radius 1 is 1.20 bits per heavy atom. The average molecular weight is 448 g/mol. The van der Waals surface area contributed by atoms with Crippen LogP contribution in [0.5, 0.6) is 0 Å². The molecular weight excluding hydrogens is 426 g/mol. The zero-order valence-electron chi connectivity index (χ0n) is 16.6. The zero-order chi connectivity index (χ0) is 21.3. The summed E-state index contributed by atoms with van der Waals surface area (Å²) in [6.07, 6.45) is 2.15. The lowest BCUT2D eigenvalue weighted by Gasteiger charge is -2.12.